The molecule has 2 aromatic carbocycles. The average molecular weight is 514 g/mol. The first-order valence-electron chi connectivity index (χ1n) is 11.1. The highest BCUT2D eigenvalue weighted by atomic mass is 35.5. The lowest BCUT2D eigenvalue weighted by Gasteiger charge is -2.11. The quantitative estimate of drug-likeness (QED) is 0.255. The molecule has 0 aliphatic carbocycles. The van der Waals surface area contributed by atoms with Gasteiger partial charge in [-0.25, -0.2) is 14.8 Å². The minimum Gasteiger partial charge on any atom is -0.373 e. The molecule has 184 valence electrons. The number of H-pyrrole nitrogens is 1. The molecule has 0 unspecified atom stereocenters. The van der Waals surface area contributed by atoms with Crippen LogP contribution in [0, 0.1) is 0 Å². The number of halogens is 1. The van der Waals surface area contributed by atoms with E-state index in [4.69, 9.17) is 11.6 Å². The summed E-state index contributed by atoms with van der Waals surface area (Å²) in [7, 11) is 1.78. The monoisotopic (exact) mass is 513 g/mol. The molecule has 0 atom stereocenters. The largest absolute Gasteiger partial charge is 0.373 e. The highest BCUT2D eigenvalue weighted by Crippen LogP contribution is 2.26. The first-order chi connectivity index (χ1) is 18.0. The number of carbonyl (C=O) groups excluding carboxylic acids is 2. The van der Waals surface area contributed by atoms with Crippen LogP contribution in [0.3, 0.4) is 0 Å². The molecule has 3 aromatic heterocycles. The number of aromatic amines is 1. The lowest BCUT2D eigenvalue weighted by molar-refractivity contribution is 0.101. The number of aromatic nitrogens is 6. The molecule has 0 saturated heterocycles. The predicted octanol–water partition coefficient (Wildman–Crippen LogP) is 4.25. The van der Waals surface area contributed by atoms with Gasteiger partial charge in [-0.15, -0.1) is 0 Å². The molecule has 5 aromatic rings. The summed E-state index contributed by atoms with van der Waals surface area (Å²) in [6.45, 7) is 0. The molecule has 0 aliphatic rings. The number of amides is 2. The number of rotatable bonds is 7. The van der Waals surface area contributed by atoms with Crippen molar-refractivity contribution in [2.24, 2.45) is 0 Å². The molecule has 0 fully saturated rings. The number of anilines is 3. The van der Waals surface area contributed by atoms with Gasteiger partial charge in [0.05, 0.1) is 22.0 Å². The molecule has 0 saturated carbocycles. The second-order valence-electron chi connectivity index (χ2n) is 7.76. The number of hydrogen-bond donors (Lipinski definition) is 4. The molecule has 37 heavy (non-hydrogen) atoms. The van der Waals surface area contributed by atoms with Gasteiger partial charge >= 0.3 is 0 Å². The van der Waals surface area contributed by atoms with Crippen molar-refractivity contribution in [2.45, 2.75) is 0 Å². The van der Waals surface area contributed by atoms with Crippen LogP contribution in [-0.4, -0.2) is 48.8 Å². The minimum absolute atomic E-state index is 0.0588. The van der Waals surface area contributed by atoms with E-state index in [0.29, 0.717) is 17.2 Å². The van der Waals surface area contributed by atoms with Gasteiger partial charge in [-0.2, -0.15) is 15.2 Å². The van der Waals surface area contributed by atoms with E-state index in [9.17, 15) is 9.59 Å². The van der Waals surface area contributed by atoms with Crippen LogP contribution in [0.1, 0.15) is 20.8 Å². The first-order valence-corrected chi connectivity index (χ1v) is 11.5. The van der Waals surface area contributed by atoms with Crippen molar-refractivity contribution in [3.05, 3.63) is 95.4 Å². The third-order valence-corrected chi connectivity index (χ3v) is 5.67. The van der Waals surface area contributed by atoms with Gasteiger partial charge in [0.1, 0.15) is 18.0 Å². The summed E-state index contributed by atoms with van der Waals surface area (Å²) in [5.41, 5.74) is 2.34. The number of benzene rings is 2. The van der Waals surface area contributed by atoms with E-state index in [1.807, 2.05) is 36.4 Å². The van der Waals surface area contributed by atoms with Crippen LogP contribution < -0.4 is 16.0 Å². The summed E-state index contributed by atoms with van der Waals surface area (Å²) >= 11 is 6.40. The standard InChI is InChI=1S/C25H20ClN9O2/c1-27-21-9-5-8-19(30-21)15-10-11-18(26)17(12-15)23(36)31-22-13-20(24(37)32-25-28-14-29-33-25)34-35(22)16-6-3-2-4-7-16/h2-14H,1H3,(H,27,30)(H,31,36)(H2,28,29,32,33,37). The van der Waals surface area contributed by atoms with Crippen LogP contribution in [0.4, 0.5) is 17.6 Å². The second-order valence-corrected chi connectivity index (χ2v) is 8.16. The normalized spacial score (nSPS) is 10.6. The van der Waals surface area contributed by atoms with Crippen LogP contribution in [-0.2, 0) is 0 Å². The van der Waals surface area contributed by atoms with E-state index in [0.717, 1.165) is 5.56 Å². The zero-order chi connectivity index (χ0) is 25.8. The van der Waals surface area contributed by atoms with Crippen LogP contribution in [0.15, 0.2) is 79.1 Å². The van der Waals surface area contributed by atoms with E-state index in [1.54, 1.807) is 37.4 Å². The zero-order valence-electron chi connectivity index (χ0n) is 19.4. The molecule has 3 heterocycles. The summed E-state index contributed by atoms with van der Waals surface area (Å²) in [5, 5.41) is 19.3. The number of hydrogen-bond acceptors (Lipinski definition) is 7. The van der Waals surface area contributed by atoms with Crippen LogP contribution >= 0.6 is 11.6 Å². The third-order valence-electron chi connectivity index (χ3n) is 5.34. The molecule has 12 heteroatoms. The number of pyridine rings is 1. The zero-order valence-corrected chi connectivity index (χ0v) is 20.2. The Balaban J connectivity index is 1.47. The van der Waals surface area contributed by atoms with Gasteiger partial charge in [-0.3, -0.25) is 14.9 Å². The molecule has 0 aliphatic heterocycles. The fourth-order valence-corrected chi connectivity index (χ4v) is 3.76. The van der Waals surface area contributed by atoms with Crippen molar-refractivity contribution in [1.29, 1.82) is 0 Å². The minimum atomic E-state index is -0.530. The van der Waals surface area contributed by atoms with Crippen molar-refractivity contribution in [2.75, 3.05) is 23.0 Å². The van der Waals surface area contributed by atoms with Crippen molar-refractivity contribution in [3.63, 3.8) is 0 Å². The number of para-hydroxylation sites is 1. The van der Waals surface area contributed by atoms with E-state index in [-0.39, 0.29) is 28.0 Å². The first kappa shape index (κ1) is 23.7. The molecule has 0 spiro atoms. The molecule has 0 bridgehead atoms. The van der Waals surface area contributed by atoms with E-state index in [2.05, 4.69) is 41.2 Å². The topological polar surface area (TPSA) is 143 Å². The van der Waals surface area contributed by atoms with Gasteiger partial charge in [0.25, 0.3) is 11.8 Å². The summed E-state index contributed by atoms with van der Waals surface area (Å²) in [6.07, 6.45) is 1.27. The summed E-state index contributed by atoms with van der Waals surface area (Å²) in [5.74, 6) is 0.134. The molecular formula is C25H20ClN9O2. The van der Waals surface area contributed by atoms with Crippen molar-refractivity contribution in [3.8, 4) is 16.9 Å². The van der Waals surface area contributed by atoms with Crippen molar-refractivity contribution >= 4 is 41.0 Å². The Morgan fingerprint density at radius 3 is 2.54 bits per heavy atom. The molecule has 0 radical (unpaired) electrons. The predicted molar refractivity (Wildman–Crippen MR) is 140 cm³/mol. The highest BCUT2D eigenvalue weighted by Gasteiger charge is 2.20. The maximum atomic E-state index is 13.4. The van der Waals surface area contributed by atoms with Gasteiger partial charge in [0.2, 0.25) is 5.95 Å². The number of nitrogens with one attached hydrogen (secondary N) is 4. The van der Waals surface area contributed by atoms with Gasteiger partial charge in [0, 0.05) is 18.7 Å². The summed E-state index contributed by atoms with van der Waals surface area (Å²) in [4.78, 5) is 34.5. The molecule has 2 amide bonds. The fourth-order valence-electron chi connectivity index (χ4n) is 3.56. The van der Waals surface area contributed by atoms with Gasteiger partial charge < -0.3 is 10.6 Å². The van der Waals surface area contributed by atoms with Crippen molar-refractivity contribution < 1.29 is 9.59 Å². The summed E-state index contributed by atoms with van der Waals surface area (Å²) < 4.78 is 1.46. The Morgan fingerprint density at radius 2 is 1.78 bits per heavy atom. The van der Waals surface area contributed by atoms with E-state index < -0.39 is 11.8 Å². The average Bonchev–Trinajstić information content (AvgIpc) is 3.59. The maximum absolute atomic E-state index is 13.4. The molecular weight excluding hydrogens is 494 g/mol. The van der Waals surface area contributed by atoms with Crippen LogP contribution in [0.2, 0.25) is 5.02 Å². The molecule has 4 N–H and O–H groups in total. The van der Waals surface area contributed by atoms with Gasteiger partial charge in [-0.05, 0) is 36.4 Å². The maximum Gasteiger partial charge on any atom is 0.278 e. The number of carbonyl (C=O) groups is 2. The Morgan fingerprint density at radius 1 is 0.946 bits per heavy atom. The smallest absolute Gasteiger partial charge is 0.278 e. The molecule has 11 nitrogen and oxygen atoms in total. The third kappa shape index (κ3) is 5.16. The van der Waals surface area contributed by atoms with E-state index >= 15 is 0 Å². The van der Waals surface area contributed by atoms with E-state index in [1.165, 1.54) is 17.1 Å². The van der Waals surface area contributed by atoms with Gasteiger partial charge in [-0.1, -0.05) is 41.9 Å². The Labute approximate surface area is 215 Å². The van der Waals surface area contributed by atoms with Crippen LogP contribution in [0.25, 0.3) is 16.9 Å². The fraction of sp³-hybridized carbons (Fsp3) is 0.0400. The Kier molecular flexibility index (Phi) is 6.60. The summed E-state index contributed by atoms with van der Waals surface area (Å²) in [6, 6.07) is 21.2. The van der Waals surface area contributed by atoms with Crippen LogP contribution in [0.5, 0.6) is 0 Å². The second kappa shape index (κ2) is 10.3. The SMILES string of the molecule is CNc1cccc(-c2ccc(Cl)c(C(=O)Nc3cc(C(=O)Nc4ncn[nH]4)nn3-c3ccccc3)c2)n1. The van der Waals surface area contributed by atoms with Crippen molar-refractivity contribution in [1.82, 2.24) is 29.9 Å². The van der Waals surface area contributed by atoms with Gasteiger partial charge in [0.15, 0.2) is 5.69 Å². The Bertz CT molecular complexity index is 1570. The highest BCUT2D eigenvalue weighted by molar-refractivity contribution is 6.34. The molecule has 5 rings (SSSR count). The number of nitrogens with zero attached hydrogens (tertiary/aromatic N) is 5. The lowest BCUT2D eigenvalue weighted by Crippen LogP contribution is -2.16. The Hall–Kier alpha value is -5.03. The lowest BCUT2D eigenvalue weighted by atomic mass is 10.1.